The zero-order valence-corrected chi connectivity index (χ0v) is 14.8. The summed E-state index contributed by atoms with van der Waals surface area (Å²) in [6.45, 7) is 0.657. The summed E-state index contributed by atoms with van der Waals surface area (Å²) in [5.74, 6) is 1.82. The van der Waals surface area contributed by atoms with Gasteiger partial charge in [0.05, 0.1) is 0 Å². The molecule has 1 aliphatic heterocycles. The van der Waals surface area contributed by atoms with Crippen molar-refractivity contribution in [3.8, 4) is 11.5 Å². The maximum atomic E-state index is 5.81. The van der Waals surface area contributed by atoms with Crippen LogP contribution in [0.25, 0.3) is 4.47 Å². The Morgan fingerprint density at radius 1 is 1.10 bits per heavy atom. The average Bonchev–Trinajstić information content (AvgIpc) is 2.50. The van der Waals surface area contributed by atoms with Gasteiger partial charge in [-0.2, -0.15) is 0 Å². The van der Waals surface area contributed by atoms with E-state index in [2.05, 4.69) is 52.9 Å². The van der Waals surface area contributed by atoms with E-state index in [-0.39, 0.29) is 15.0 Å². The maximum absolute atomic E-state index is 5.81. The Morgan fingerprint density at radius 3 is 2.65 bits per heavy atom. The van der Waals surface area contributed by atoms with Gasteiger partial charge in [0.2, 0.25) is 0 Å². The fourth-order valence-electron chi connectivity index (χ4n) is 2.08. The molecule has 4 heteroatoms. The first-order valence-corrected chi connectivity index (χ1v) is 9.00. The van der Waals surface area contributed by atoms with E-state index < -0.39 is 0 Å². The first kappa shape index (κ1) is 14.0. The Hall–Kier alpha value is -0.971. The van der Waals surface area contributed by atoms with Crippen LogP contribution < -0.4 is 13.9 Å². The topological polar surface area (TPSA) is 18.5 Å². The second kappa shape index (κ2) is 6.20. The number of hydrogen-bond acceptors (Lipinski definition) is 2. The molecule has 2 nitrogen and oxygen atoms in total. The molecule has 0 spiro atoms. The van der Waals surface area contributed by atoms with E-state index in [1.165, 1.54) is 12.5 Å². The van der Waals surface area contributed by atoms with Gasteiger partial charge in [-0.25, -0.2) is 0 Å². The van der Waals surface area contributed by atoms with Crippen LogP contribution >= 0.6 is 22.6 Å². The average molecular weight is 443 g/mol. The summed E-state index contributed by atoms with van der Waals surface area (Å²) >= 11 is 2.65. The molecule has 0 aliphatic carbocycles. The Labute approximate surface area is 138 Å². The molecule has 20 heavy (non-hydrogen) atoms. The Balaban J connectivity index is 2.06. The van der Waals surface area contributed by atoms with Crippen molar-refractivity contribution in [1.29, 1.82) is 0 Å². The predicted octanol–water partition coefficient (Wildman–Crippen LogP) is 3.22. The van der Waals surface area contributed by atoms with E-state index in [1.54, 1.807) is 7.11 Å². The number of benzene rings is 2. The molecule has 0 bridgehead atoms. The third-order valence-corrected chi connectivity index (χ3v) is 7.11. The van der Waals surface area contributed by atoms with Crippen LogP contribution in [-0.4, -0.2) is 28.7 Å². The van der Waals surface area contributed by atoms with Gasteiger partial charge < -0.3 is 0 Å². The van der Waals surface area contributed by atoms with Gasteiger partial charge in [0.25, 0.3) is 0 Å². The monoisotopic (exact) mass is 444 g/mol. The molecule has 2 aromatic carbocycles. The zero-order chi connectivity index (χ0) is 13.9. The van der Waals surface area contributed by atoms with Gasteiger partial charge in [-0.05, 0) is 0 Å². The molecule has 1 aliphatic rings. The van der Waals surface area contributed by atoms with Gasteiger partial charge in [0, 0.05) is 0 Å². The molecular weight excluding hydrogens is 430 g/mol. The molecule has 0 N–H and O–H groups in total. The van der Waals surface area contributed by atoms with E-state index in [1.807, 2.05) is 18.2 Å². The Morgan fingerprint density at radius 2 is 1.90 bits per heavy atom. The van der Waals surface area contributed by atoms with Gasteiger partial charge in [-0.3, -0.25) is 0 Å². The SMILES string of the molecule is COc1cccc2c1C([Se]c1ccccc1)=C(I)CO2. The van der Waals surface area contributed by atoms with Gasteiger partial charge >= 0.3 is 139 Å². The second-order valence-corrected chi connectivity index (χ2v) is 7.85. The van der Waals surface area contributed by atoms with Crippen molar-refractivity contribution < 1.29 is 9.47 Å². The van der Waals surface area contributed by atoms with Crippen molar-refractivity contribution in [2.75, 3.05) is 13.7 Å². The van der Waals surface area contributed by atoms with Gasteiger partial charge in [0.1, 0.15) is 0 Å². The number of ether oxygens (including phenoxy) is 2. The molecule has 0 saturated heterocycles. The summed E-state index contributed by atoms with van der Waals surface area (Å²) in [5, 5.41) is 0. The molecule has 3 rings (SSSR count). The summed E-state index contributed by atoms with van der Waals surface area (Å²) < 4.78 is 15.3. The zero-order valence-electron chi connectivity index (χ0n) is 10.9. The van der Waals surface area contributed by atoms with Crippen molar-refractivity contribution in [2.24, 2.45) is 0 Å². The molecule has 102 valence electrons. The number of rotatable bonds is 3. The Bertz CT molecular complexity index is 653. The van der Waals surface area contributed by atoms with E-state index in [0.29, 0.717) is 6.61 Å². The van der Waals surface area contributed by atoms with Crippen LogP contribution in [-0.2, 0) is 0 Å². The molecule has 2 aromatic rings. The van der Waals surface area contributed by atoms with Crippen LogP contribution in [0.2, 0.25) is 0 Å². The Kier molecular flexibility index (Phi) is 4.34. The van der Waals surface area contributed by atoms with Crippen LogP contribution in [0.3, 0.4) is 0 Å². The predicted molar refractivity (Wildman–Crippen MR) is 91.3 cm³/mol. The quantitative estimate of drug-likeness (QED) is 0.536. The molecule has 1 heterocycles. The number of halogens is 1. The standard InChI is InChI=1S/C16H13IO2Se/c1-18-13-8-5-9-14-15(13)16(12(17)10-19-14)20-11-6-3-2-4-7-11/h2-9H,10H2,1H3. The summed E-state index contributed by atoms with van der Waals surface area (Å²) in [5.41, 5.74) is 1.12. The van der Waals surface area contributed by atoms with Crippen molar-refractivity contribution in [3.05, 3.63) is 57.7 Å². The first-order chi connectivity index (χ1) is 9.79. The number of methoxy groups -OCH3 is 1. The normalized spacial score (nSPS) is 13.7. The van der Waals surface area contributed by atoms with E-state index in [9.17, 15) is 0 Å². The summed E-state index contributed by atoms with van der Waals surface area (Å²) in [4.78, 5) is 0. The number of fused-ring (bicyclic) bond motifs is 1. The fourth-order valence-corrected chi connectivity index (χ4v) is 5.18. The molecule has 0 atom stereocenters. The minimum absolute atomic E-state index is 0.255. The summed E-state index contributed by atoms with van der Waals surface area (Å²) in [6, 6.07) is 16.6. The molecule has 0 unspecified atom stereocenters. The van der Waals surface area contributed by atoms with E-state index in [4.69, 9.17) is 9.47 Å². The van der Waals surface area contributed by atoms with Crippen LogP contribution in [0.15, 0.2) is 52.1 Å². The first-order valence-electron chi connectivity index (χ1n) is 6.21. The van der Waals surface area contributed by atoms with E-state index >= 15 is 0 Å². The summed E-state index contributed by atoms with van der Waals surface area (Å²) in [6.07, 6.45) is 0. The fraction of sp³-hybridized carbons (Fsp3) is 0.125. The van der Waals surface area contributed by atoms with Crippen molar-refractivity contribution in [3.63, 3.8) is 0 Å². The van der Waals surface area contributed by atoms with Crippen LogP contribution in [0.4, 0.5) is 0 Å². The van der Waals surface area contributed by atoms with Crippen molar-refractivity contribution >= 4 is 46.5 Å². The minimum atomic E-state index is 0.255. The molecule has 0 fully saturated rings. The van der Waals surface area contributed by atoms with Crippen molar-refractivity contribution in [2.45, 2.75) is 0 Å². The van der Waals surface area contributed by atoms with E-state index in [0.717, 1.165) is 17.1 Å². The van der Waals surface area contributed by atoms with Gasteiger partial charge in [-0.1, -0.05) is 0 Å². The molecule has 0 amide bonds. The third kappa shape index (κ3) is 2.73. The third-order valence-electron chi connectivity index (χ3n) is 3.00. The molecule has 0 saturated carbocycles. The van der Waals surface area contributed by atoms with Gasteiger partial charge in [-0.15, -0.1) is 0 Å². The molecular formula is C16H13IO2Se. The van der Waals surface area contributed by atoms with Gasteiger partial charge in [0.15, 0.2) is 0 Å². The van der Waals surface area contributed by atoms with Crippen molar-refractivity contribution in [1.82, 2.24) is 0 Å². The molecule has 0 aromatic heterocycles. The van der Waals surface area contributed by atoms with Crippen LogP contribution in [0.1, 0.15) is 5.56 Å². The second-order valence-electron chi connectivity index (χ2n) is 4.27. The number of hydrogen-bond donors (Lipinski definition) is 0. The van der Waals surface area contributed by atoms with Crippen LogP contribution in [0.5, 0.6) is 11.5 Å². The van der Waals surface area contributed by atoms with Crippen LogP contribution in [0, 0.1) is 0 Å². The molecule has 0 radical (unpaired) electrons. The summed E-state index contributed by atoms with van der Waals surface area (Å²) in [7, 11) is 1.71.